The third kappa shape index (κ3) is 5.39. The minimum Gasteiger partial charge on any atom is -0.379 e. The highest BCUT2D eigenvalue weighted by Gasteiger charge is 2.26. The average molecular weight is 403 g/mol. The molecule has 2 aromatic heterocycles. The lowest BCUT2D eigenvalue weighted by molar-refractivity contribution is -0.135. The summed E-state index contributed by atoms with van der Waals surface area (Å²) in [6.07, 6.45) is 8.48. The number of morpholine rings is 1. The van der Waals surface area contributed by atoms with Crippen LogP contribution in [0.5, 0.6) is 0 Å². The Balaban J connectivity index is 1.29. The highest BCUT2D eigenvalue weighted by atomic mass is 16.5. The van der Waals surface area contributed by atoms with Gasteiger partial charge in [0.25, 0.3) is 0 Å². The maximum absolute atomic E-state index is 13.0. The lowest BCUT2D eigenvalue weighted by atomic mass is 9.99. The molecule has 2 fully saturated rings. The molecule has 0 radical (unpaired) electrons. The normalized spacial score (nSPS) is 20.8. The van der Waals surface area contributed by atoms with E-state index in [-0.39, 0.29) is 5.91 Å². The number of nitrogens with zero attached hydrogens (tertiary/aromatic N) is 8. The van der Waals surface area contributed by atoms with Gasteiger partial charge in [0.1, 0.15) is 0 Å². The van der Waals surface area contributed by atoms with Crippen LogP contribution in [0.15, 0.2) is 18.5 Å². The molecule has 1 atom stereocenters. The molecule has 2 aliphatic heterocycles. The quantitative estimate of drug-likeness (QED) is 0.637. The van der Waals surface area contributed by atoms with Crippen LogP contribution < -0.4 is 0 Å². The average Bonchev–Trinajstić information content (AvgIpc) is 3.43. The van der Waals surface area contributed by atoms with Gasteiger partial charge in [-0.3, -0.25) is 14.4 Å². The number of hydrogen-bond donors (Lipinski definition) is 0. The Hall–Kier alpha value is -2.33. The monoisotopic (exact) mass is 402 g/mol. The third-order valence-corrected chi connectivity index (χ3v) is 5.81. The molecule has 0 bridgehead atoms. The van der Waals surface area contributed by atoms with E-state index in [4.69, 9.17) is 4.74 Å². The Morgan fingerprint density at radius 3 is 2.90 bits per heavy atom. The van der Waals surface area contributed by atoms with Gasteiger partial charge in [-0.2, -0.15) is 5.10 Å². The van der Waals surface area contributed by atoms with Crippen molar-refractivity contribution in [2.24, 2.45) is 0 Å². The molecule has 29 heavy (non-hydrogen) atoms. The van der Waals surface area contributed by atoms with Crippen LogP contribution in [-0.2, 0) is 29.2 Å². The molecule has 0 aromatic carbocycles. The van der Waals surface area contributed by atoms with Crippen LogP contribution in [0.4, 0.5) is 0 Å². The summed E-state index contributed by atoms with van der Waals surface area (Å²) in [6.45, 7) is 6.17. The second-order valence-electron chi connectivity index (χ2n) is 7.75. The van der Waals surface area contributed by atoms with E-state index in [9.17, 15) is 4.79 Å². The second-order valence-corrected chi connectivity index (χ2v) is 7.75. The molecule has 2 saturated heterocycles. The molecule has 0 saturated carbocycles. The summed E-state index contributed by atoms with van der Waals surface area (Å²) >= 11 is 0. The zero-order valence-corrected chi connectivity index (χ0v) is 16.9. The summed E-state index contributed by atoms with van der Waals surface area (Å²) in [7, 11) is 0. The first-order valence-electron chi connectivity index (χ1n) is 10.6. The first-order chi connectivity index (χ1) is 14.3. The Kier molecular flexibility index (Phi) is 6.83. The van der Waals surface area contributed by atoms with Gasteiger partial charge in [0.15, 0.2) is 5.82 Å². The summed E-state index contributed by atoms with van der Waals surface area (Å²) in [5.74, 6) is 1.01. The minimum absolute atomic E-state index is 0.197. The van der Waals surface area contributed by atoms with Crippen molar-refractivity contribution in [3.8, 4) is 0 Å². The van der Waals surface area contributed by atoms with Gasteiger partial charge in [0.05, 0.1) is 26.3 Å². The fourth-order valence-electron chi connectivity index (χ4n) is 4.16. The van der Waals surface area contributed by atoms with Crippen LogP contribution in [0.25, 0.3) is 0 Å². The number of aryl methyl sites for hydroxylation is 2. The number of hydrogen-bond acceptors (Lipinski definition) is 7. The third-order valence-electron chi connectivity index (χ3n) is 5.81. The van der Waals surface area contributed by atoms with Crippen LogP contribution >= 0.6 is 0 Å². The van der Waals surface area contributed by atoms with Crippen LogP contribution in [0, 0.1) is 0 Å². The van der Waals surface area contributed by atoms with Crippen LogP contribution in [0.2, 0.25) is 0 Å². The molecule has 2 aromatic rings. The highest BCUT2D eigenvalue weighted by Crippen LogP contribution is 2.21. The molecule has 158 valence electrons. The second kappa shape index (κ2) is 9.93. The van der Waals surface area contributed by atoms with Crippen molar-refractivity contribution >= 4 is 5.91 Å². The smallest absolute Gasteiger partial charge is 0.224 e. The molecule has 4 heterocycles. The molecular weight excluding hydrogens is 372 g/mol. The Morgan fingerprint density at radius 1 is 1.17 bits per heavy atom. The van der Waals surface area contributed by atoms with Crippen LogP contribution in [0.3, 0.4) is 0 Å². The molecule has 0 spiro atoms. The van der Waals surface area contributed by atoms with Crippen LogP contribution in [0.1, 0.15) is 37.9 Å². The summed E-state index contributed by atoms with van der Waals surface area (Å²) in [6, 6.07) is 2.23. The summed E-state index contributed by atoms with van der Waals surface area (Å²) < 4.78 is 9.11. The molecule has 1 amide bonds. The molecule has 1 unspecified atom stereocenters. The van der Waals surface area contributed by atoms with Crippen molar-refractivity contribution in [3.05, 3.63) is 24.3 Å². The Labute approximate surface area is 170 Å². The fraction of sp³-hybridized carbons (Fsp3) is 0.737. The summed E-state index contributed by atoms with van der Waals surface area (Å²) in [5, 5.41) is 16.4. The van der Waals surface area contributed by atoms with Gasteiger partial charge in [0.2, 0.25) is 5.91 Å². The van der Waals surface area contributed by atoms with Crippen molar-refractivity contribution in [1.82, 2.24) is 39.8 Å². The predicted molar refractivity (Wildman–Crippen MR) is 105 cm³/mol. The number of tetrazole rings is 1. The lowest BCUT2D eigenvalue weighted by Crippen LogP contribution is -2.44. The number of carbonyl (C=O) groups is 1. The van der Waals surface area contributed by atoms with Crippen molar-refractivity contribution in [2.75, 3.05) is 32.8 Å². The molecule has 2 aliphatic rings. The zero-order valence-electron chi connectivity index (χ0n) is 16.9. The van der Waals surface area contributed by atoms with E-state index < -0.39 is 0 Å². The van der Waals surface area contributed by atoms with Gasteiger partial charge in [0, 0.05) is 51.0 Å². The van der Waals surface area contributed by atoms with E-state index in [0.717, 1.165) is 64.5 Å². The van der Waals surface area contributed by atoms with Gasteiger partial charge in [-0.25, -0.2) is 4.68 Å². The van der Waals surface area contributed by atoms with Crippen molar-refractivity contribution in [2.45, 2.75) is 57.8 Å². The van der Waals surface area contributed by atoms with E-state index in [1.807, 2.05) is 16.9 Å². The van der Waals surface area contributed by atoms with E-state index in [1.54, 1.807) is 10.9 Å². The minimum atomic E-state index is 0.197. The van der Waals surface area contributed by atoms with E-state index in [1.165, 1.54) is 6.42 Å². The first kappa shape index (κ1) is 20.0. The van der Waals surface area contributed by atoms with E-state index in [0.29, 0.717) is 25.6 Å². The lowest BCUT2D eigenvalue weighted by Gasteiger charge is -2.36. The fourth-order valence-corrected chi connectivity index (χ4v) is 4.16. The molecule has 4 rings (SSSR count). The van der Waals surface area contributed by atoms with Gasteiger partial charge in [-0.1, -0.05) is 0 Å². The maximum atomic E-state index is 13.0. The number of amides is 1. The highest BCUT2D eigenvalue weighted by molar-refractivity contribution is 5.76. The number of rotatable bonds is 8. The molecule has 0 aliphatic carbocycles. The van der Waals surface area contributed by atoms with Gasteiger partial charge >= 0.3 is 0 Å². The predicted octanol–water partition coefficient (Wildman–Crippen LogP) is 0.563. The standard InChI is InChI=1S/C19H30N8O2/c28-19(26-9-2-1-4-17(26)5-10-25-8-3-7-20-25)6-11-27-18(21-22-23-27)16-24-12-14-29-15-13-24/h3,7-8,17H,1-2,4-6,9-16H2. The topological polar surface area (TPSA) is 94.2 Å². The maximum Gasteiger partial charge on any atom is 0.224 e. The molecular formula is C19H30N8O2. The Bertz CT molecular complexity index is 756. The van der Waals surface area contributed by atoms with Crippen molar-refractivity contribution < 1.29 is 9.53 Å². The van der Waals surface area contributed by atoms with Gasteiger partial charge < -0.3 is 9.64 Å². The van der Waals surface area contributed by atoms with Crippen LogP contribution in [-0.4, -0.2) is 84.6 Å². The summed E-state index contributed by atoms with van der Waals surface area (Å²) in [4.78, 5) is 17.3. The summed E-state index contributed by atoms with van der Waals surface area (Å²) in [5.41, 5.74) is 0. The van der Waals surface area contributed by atoms with Crippen molar-refractivity contribution in [3.63, 3.8) is 0 Å². The number of carbonyl (C=O) groups excluding carboxylic acids is 1. The molecule has 10 heteroatoms. The first-order valence-corrected chi connectivity index (χ1v) is 10.6. The van der Waals surface area contributed by atoms with Gasteiger partial charge in [-0.05, 0) is 42.2 Å². The molecule has 0 N–H and O–H groups in total. The Morgan fingerprint density at radius 2 is 2.07 bits per heavy atom. The largest absolute Gasteiger partial charge is 0.379 e. The van der Waals surface area contributed by atoms with E-state index in [2.05, 4.69) is 30.4 Å². The molecule has 10 nitrogen and oxygen atoms in total. The number of ether oxygens (including phenoxy) is 1. The number of piperidine rings is 1. The van der Waals surface area contributed by atoms with Crippen molar-refractivity contribution in [1.29, 1.82) is 0 Å². The number of aromatic nitrogens is 6. The number of likely N-dealkylation sites (tertiary alicyclic amines) is 1. The van der Waals surface area contributed by atoms with E-state index >= 15 is 0 Å². The SMILES string of the molecule is O=C(CCn1nnnc1CN1CCOCC1)N1CCCCC1CCn1cccn1. The van der Waals surface area contributed by atoms with Gasteiger partial charge in [-0.15, -0.1) is 5.10 Å². The zero-order chi connectivity index (χ0) is 19.9.